The van der Waals surface area contributed by atoms with Gasteiger partial charge in [0.05, 0.1) is 0 Å². The molecule has 0 aliphatic rings. The lowest BCUT2D eigenvalue weighted by Gasteiger charge is -2.09. The van der Waals surface area contributed by atoms with Crippen molar-refractivity contribution in [2.24, 2.45) is 0 Å². The number of aromatic amines is 1. The lowest BCUT2D eigenvalue weighted by molar-refractivity contribution is 0.404. The molecule has 102 valence electrons. The van der Waals surface area contributed by atoms with Gasteiger partial charge >= 0.3 is 0 Å². The van der Waals surface area contributed by atoms with Gasteiger partial charge in [0.15, 0.2) is 0 Å². The number of benzene rings is 2. The molecule has 3 rings (SSSR count). The van der Waals surface area contributed by atoms with Crippen LogP contribution in [0.5, 0.6) is 0 Å². The number of nitrogens with one attached hydrogen (secondary N) is 1. The minimum absolute atomic E-state index is 0.184. The number of aromatic nitrogens is 1. The average molecular weight is 268 g/mol. The molecule has 3 heteroatoms. The van der Waals surface area contributed by atoms with Crippen LogP contribution in [0.2, 0.25) is 0 Å². The summed E-state index contributed by atoms with van der Waals surface area (Å²) in [5, 5.41) is 1.15. The Balaban J connectivity index is 2.12. The summed E-state index contributed by atoms with van der Waals surface area (Å²) in [6, 6.07) is 12.9. The molecule has 20 heavy (non-hydrogen) atoms. The Kier molecular flexibility index (Phi) is 3.28. The Bertz CT molecular complexity index is 744. The topological polar surface area (TPSA) is 19.0 Å². The first kappa shape index (κ1) is 12.9. The van der Waals surface area contributed by atoms with Gasteiger partial charge in [-0.2, -0.15) is 0 Å². The second-order valence-corrected chi connectivity index (χ2v) is 5.29. The second-order valence-electron chi connectivity index (χ2n) is 5.29. The van der Waals surface area contributed by atoms with Gasteiger partial charge in [-0.3, -0.25) is 0 Å². The van der Waals surface area contributed by atoms with Gasteiger partial charge in [-0.1, -0.05) is 24.3 Å². The van der Waals surface area contributed by atoms with E-state index >= 15 is 0 Å². The van der Waals surface area contributed by atoms with E-state index < -0.39 is 0 Å². The largest absolute Gasteiger partial charge is 0.361 e. The summed E-state index contributed by atoms with van der Waals surface area (Å²) in [6.07, 6.45) is 2.02. The maximum Gasteiger partial charge on any atom is 0.131 e. The zero-order valence-corrected chi connectivity index (χ0v) is 11.7. The van der Waals surface area contributed by atoms with E-state index in [1.807, 2.05) is 44.6 Å². The van der Waals surface area contributed by atoms with E-state index in [9.17, 15) is 4.39 Å². The molecule has 0 spiro atoms. The minimum atomic E-state index is -0.184. The molecule has 0 radical (unpaired) electrons. The third-order valence-corrected chi connectivity index (χ3v) is 3.44. The van der Waals surface area contributed by atoms with Crippen LogP contribution < -0.4 is 0 Å². The van der Waals surface area contributed by atoms with Crippen molar-refractivity contribution in [3.8, 4) is 11.1 Å². The molecule has 0 atom stereocenters. The lowest BCUT2D eigenvalue weighted by atomic mass is 10.0. The molecule has 0 saturated carbocycles. The molecule has 0 aliphatic carbocycles. The van der Waals surface area contributed by atoms with Gasteiger partial charge in [-0.25, -0.2) is 4.39 Å². The monoisotopic (exact) mass is 268 g/mol. The molecule has 2 aromatic carbocycles. The van der Waals surface area contributed by atoms with Gasteiger partial charge in [0.1, 0.15) is 5.82 Å². The Morgan fingerprint density at radius 1 is 1.10 bits per heavy atom. The van der Waals surface area contributed by atoms with Gasteiger partial charge in [0.2, 0.25) is 0 Å². The van der Waals surface area contributed by atoms with Crippen molar-refractivity contribution in [3.05, 3.63) is 60.0 Å². The van der Waals surface area contributed by atoms with E-state index in [1.165, 1.54) is 11.6 Å². The van der Waals surface area contributed by atoms with Crippen LogP contribution in [0.25, 0.3) is 22.0 Å². The predicted octanol–water partition coefficient (Wildman–Crippen LogP) is 4.04. The zero-order chi connectivity index (χ0) is 14.1. The molecule has 0 aliphatic heterocycles. The van der Waals surface area contributed by atoms with Crippen LogP contribution in [0.4, 0.5) is 4.39 Å². The number of hydrogen-bond acceptors (Lipinski definition) is 1. The van der Waals surface area contributed by atoms with Gasteiger partial charge in [0.25, 0.3) is 0 Å². The van der Waals surface area contributed by atoms with Gasteiger partial charge in [-0.15, -0.1) is 0 Å². The van der Waals surface area contributed by atoms with Gasteiger partial charge in [-0.05, 0) is 43.4 Å². The van der Waals surface area contributed by atoms with Gasteiger partial charge in [0, 0.05) is 29.2 Å². The van der Waals surface area contributed by atoms with Crippen LogP contribution in [0.15, 0.2) is 48.7 Å². The highest BCUT2D eigenvalue weighted by atomic mass is 19.1. The average Bonchev–Trinajstić information content (AvgIpc) is 2.81. The van der Waals surface area contributed by atoms with E-state index in [0.29, 0.717) is 5.56 Å². The molecule has 0 bridgehead atoms. The van der Waals surface area contributed by atoms with E-state index in [1.54, 1.807) is 6.07 Å². The van der Waals surface area contributed by atoms with Crippen LogP contribution in [0, 0.1) is 5.82 Å². The lowest BCUT2D eigenvalue weighted by Crippen LogP contribution is -2.10. The van der Waals surface area contributed by atoms with Crippen LogP contribution in [0.3, 0.4) is 0 Å². The first-order valence-electron chi connectivity index (χ1n) is 6.65. The number of nitrogens with zero attached hydrogens (tertiary/aromatic N) is 1. The summed E-state index contributed by atoms with van der Waals surface area (Å²) >= 11 is 0. The smallest absolute Gasteiger partial charge is 0.131 e. The van der Waals surface area contributed by atoms with E-state index in [2.05, 4.69) is 16.0 Å². The molecular formula is C17H17FN2. The number of H-pyrrole nitrogens is 1. The molecule has 2 nitrogen and oxygen atoms in total. The van der Waals surface area contributed by atoms with Crippen LogP contribution in [-0.4, -0.2) is 24.0 Å². The fraction of sp³-hybridized carbons (Fsp3) is 0.176. The molecule has 0 amide bonds. The predicted molar refractivity (Wildman–Crippen MR) is 81.1 cm³/mol. The Morgan fingerprint density at radius 2 is 1.90 bits per heavy atom. The normalized spacial score (nSPS) is 11.4. The van der Waals surface area contributed by atoms with Crippen LogP contribution >= 0.6 is 0 Å². The summed E-state index contributed by atoms with van der Waals surface area (Å²) in [4.78, 5) is 5.39. The quantitative estimate of drug-likeness (QED) is 0.759. The first-order chi connectivity index (χ1) is 9.65. The van der Waals surface area contributed by atoms with E-state index in [0.717, 1.165) is 23.0 Å². The third-order valence-electron chi connectivity index (χ3n) is 3.44. The van der Waals surface area contributed by atoms with Crippen molar-refractivity contribution in [2.75, 3.05) is 14.1 Å². The van der Waals surface area contributed by atoms with E-state index in [4.69, 9.17) is 0 Å². The summed E-state index contributed by atoms with van der Waals surface area (Å²) in [5.41, 5.74) is 3.87. The Hall–Kier alpha value is -2.13. The van der Waals surface area contributed by atoms with Crippen molar-refractivity contribution in [2.45, 2.75) is 6.54 Å². The highest BCUT2D eigenvalue weighted by molar-refractivity contribution is 5.88. The third kappa shape index (κ3) is 2.32. The molecule has 0 unspecified atom stereocenters. The van der Waals surface area contributed by atoms with Gasteiger partial charge < -0.3 is 9.88 Å². The molecule has 1 heterocycles. The SMILES string of the molecule is CN(C)Cc1c[nH]c2ccc(-c3ccccc3F)cc12. The number of fused-ring (bicyclic) bond motifs is 1. The van der Waals surface area contributed by atoms with Crippen molar-refractivity contribution in [1.29, 1.82) is 0 Å². The van der Waals surface area contributed by atoms with Crippen LogP contribution in [0.1, 0.15) is 5.56 Å². The maximum absolute atomic E-state index is 13.9. The van der Waals surface area contributed by atoms with Crippen molar-refractivity contribution in [1.82, 2.24) is 9.88 Å². The first-order valence-corrected chi connectivity index (χ1v) is 6.65. The van der Waals surface area contributed by atoms with Crippen molar-refractivity contribution < 1.29 is 4.39 Å². The summed E-state index contributed by atoms with van der Waals surface area (Å²) < 4.78 is 13.9. The summed E-state index contributed by atoms with van der Waals surface area (Å²) in [5.74, 6) is -0.184. The zero-order valence-electron chi connectivity index (χ0n) is 11.7. The number of hydrogen-bond donors (Lipinski definition) is 1. The molecule has 1 N–H and O–H groups in total. The molecular weight excluding hydrogens is 251 g/mol. The highest BCUT2D eigenvalue weighted by Gasteiger charge is 2.08. The van der Waals surface area contributed by atoms with Crippen molar-refractivity contribution in [3.63, 3.8) is 0 Å². The molecule has 0 saturated heterocycles. The van der Waals surface area contributed by atoms with E-state index in [-0.39, 0.29) is 5.82 Å². The Morgan fingerprint density at radius 3 is 2.65 bits per heavy atom. The minimum Gasteiger partial charge on any atom is -0.361 e. The summed E-state index contributed by atoms with van der Waals surface area (Å²) in [7, 11) is 4.08. The summed E-state index contributed by atoms with van der Waals surface area (Å²) in [6.45, 7) is 0.862. The fourth-order valence-electron chi connectivity index (χ4n) is 2.51. The van der Waals surface area contributed by atoms with Crippen LogP contribution in [-0.2, 0) is 6.54 Å². The Labute approximate surface area is 117 Å². The standard InChI is InChI=1S/C17H17FN2/c1-20(2)11-13-10-19-17-8-7-12(9-15(13)17)14-5-3-4-6-16(14)18/h3-10,19H,11H2,1-2H3. The molecule has 0 fully saturated rings. The van der Waals surface area contributed by atoms with Crippen molar-refractivity contribution >= 4 is 10.9 Å². The highest BCUT2D eigenvalue weighted by Crippen LogP contribution is 2.28. The number of rotatable bonds is 3. The maximum atomic E-state index is 13.9. The molecule has 3 aromatic rings. The number of halogens is 1. The fourth-order valence-corrected chi connectivity index (χ4v) is 2.51. The second kappa shape index (κ2) is 5.10. The molecule has 1 aromatic heterocycles.